The number of anilines is 9. The van der Waals surface area contributed by atoms with Crippen LogP contribution in [0.15, 0.2) is 164 Å². The minimum Gasteiger partial charge on any atom is -0.311 e. The van der Waals surface area contributed by atoms with Crippen LogP contribution in [0.25, 0.3) is 0 Å². The highest BCUT2D eigenvalue weighted by Gasteiger charge is 2.45. The zero-order valence-electron chi connectivity index (χ0n) is 30.5. The first kappa shape index (κ1) is 32.2. The van der Waals surface area contributed by atoms with E-state index in [1.165, 1.54) is 66.8 Å². The molecule has 2 aliphatic rings. The normalized spacial score (nSPS) is 13.0. The quantitative estimate of drug-likeness (QED) is 0.161. The SMILES string of the molecule is Cc1ccc(N2c3ccc(C)cc3B3c4ccc(N(c5ccccc5)c5ccccc5)cc4N(c4ccccc4)c4c([Si](C)(C)C)ccc2c43)cc1. The third kappa shape index (κ3) is 5.27. The van der Waals surface area contributed by atoms with Crippen molar-refractivity contribution in [2.24, 2.45) is 0 Å². The van der Waals surface area contributed by atoms with Gasteiger partial charge in [0, 0.05) is 51.2 Å². The second kappa shape index (κ2) is 12.5. The first-order valence-electron chi connectivity index (χ1n) is 18.3. The molecular weight excluding hydrogens is 645 g/mol. The Morgan fingerprint density at radius 1 is 0.462 bits per heavy atom. The van der Waals surface area contributed by atoms with E-state index in [2.05, 4.69) is 212 Å². The molecule has 0 aliphatic carbocycles. The molecule has 9 rings (SSSR count). The molecule has 0 fully saturated rings. The van der Waals surface area contributed by atoms with Gasteiger partial charge in [-0.3, -0.25) is 0 Å². The maximum Gasteiger partial charge on any atom is 0.252 e. The fourth-order valence-corrected chi connectivity index (χ4v) is 9.83. The Bertz CT molecular complexity index is 2380. The summed E-state index contributed by atoms with van der Waals surface area (Å²) in [6.45, 7) is 11.9. The summed E-state index contributed by atoms with van der Waals surface area (Å²) in [7, 11) is -1.87. The van der Waals surface area contributed by atoms with E-state index in [-0.39, 0.29) is 6.71 Å². The van der Waals surface area contributed by atoms with E-state index in [0.717, 1.165) is 17.1 Å². The number of nitrogens with zero attached hydrogens (tertiary/aromatic N) is 3. The number of para-hydroxylation sites is 3. The molecule has 0 spiro atoms. The summed E-state index contributed by atoms with van der Waals surface area (Å²) in [5.41, 5.74) is 17.4. The molecule has 7 aromatic carbocycles. The molecule has 0 amide bonds. The minimum absolute atomic E-state index is 0.0730. The maximum absolute atomic E-state index is 2.59. The van der Waals surface area contributed by atoms with Gasteiger partial charge >= 0.3 is 0 Å². The summed E-state index contributed by atoms with van der Waals surface area (Å²) in [6.07, 6.45) is 0. The van der Waals surface area contributed by atoms with Crippen molar-refractivity contribution in [3.8, 4) is 0 Å². The van der Waals surface area contributed by atoms with Crippen molar-refractivity contribution in [3.05, 3.63) is 175 Å². The number of hydrogen-bond acceptors (Lipinski definition) is 3. The largest absolute Gasteiger partial charge is 0.311 e. The van der Waals surface area contributed by atoms with Crippen LogP contribution in [0.4, 0.5) is 51.2 Å². The van der Waals surface area contributed by atoms with Crippen molar-refractivity contribution in [2.45, 2.75) is 33.5 Å². The average Bonchev–Trinajstić information content (AvgIpc) is 3.16. The minimum atomic E-state index is -1.87. The first-order valence-corrected chi connectivity index (χ1v) is 21.8. The van der Waals surface area contributed by atoms with Crippen molar-refractivity contribution in [1.82, 2.24) is 0 Å². The summed E-state index contributed by atoms with van der Waals surface area (Å²) < 4.78 is 0. The van der Waals surface area contributed by atoms with E-state index < -0.39 is 8.07 Å². The third-order valence-corrected chi connectivity index (χ3v) is 12.7. The van der Waals surface area contributed by atoms with E-state index in [9.17, 15) is 0 Å². The smallest absolute Gasteiger partial charge is 0.252 e. The molecule has 2 heterocycles. The molecule has 0 N–H and O–H groups in total. The van der Waals surface area contributed by atoms with E-state index in [4.69, 9.17) is 0 Å². The summed E-state index contributed by atoms with van der Waals surface area (Å²) in [6, 6.07) is 60.6. The van der Waals surface area contributed by atoms with Crippen LogP contribution >= 0.6 is 0 Å². The van der Waals surface area contributed by atoms with Gasteiger partial charge in [0.25, 0.3) is 6.71 Å². The molecule has 0 radical (unpaired) electrons. The van der Waals surface area contributed by atoms with Crippen molar-refractivity contribution in [3.63, 3.8) is 0 Å². The Labute approximate surface area is 309 Å². The molecule has 0 unspecified atom stereocenters. The van der Waals surface area contributed by atoms with Crippen LogP contribution in [0.3, 0.4) is 0 Å². The lowest BCUT2D eigenvalue weighted by atomic mass is 9.33. The lowest BCUT2D eigenvalue weighted by Gasteiger charge is -2.46. The maximum atomic E-state index is 2.59. The molecule has 5 heteroatoms. The van der Waals surface area contributed by atoms with Gasteiger partial charge in [-0.05, 0) is 108 Å². The van der Waals surface area contributed by atoms with Crippen LogP contribution in [0.1, 0.15) is 11.1 Å². The fraction of sp³-hybridized carbons (Fsp3) is 0.106. The number of fused-ring (bicyclic) bond motifs is 4. The topological polar surface area (TPSA) is 9.72 Å². The van der Waals surface area contributed by atoms with E-state index >= 15 is 0 Å². The van der Waals surface area contributed by atoms with Crippen LogP contribution in [0.2, 0.25) is 19.6 Å². The summed E-state index contributed by atoms with van der Waals surface area (Å²) in [4.78, 5) is 7.48. The molecule has 0 atom stereocenters. The Morgan fingerprint density at radius 3 is 1.67 bits per heavy atom. The number of benzene rings is 7. The van der Waals surface area contributed by atoms with Gasteiger partial charge in [-0.2, -0.15) is 0 Å². The Hall–Kier alpha value is -5.78. The summed E-state index contributed by atoms with van der Waals surface area (Å²) >= 11 is 0. The predicted octanol–water partition coefficient (Wildman–Crippen LogP) is 10.4. The van der Waals surface area contributed by atoms with Gasteiger partial charge in [0.2, 0.25) is 0 Å². The van der Waals surface area contributed by atoms with Gasteiger partial charge in [-0.15, -0.1) is 0 Å². The lowest BCUT2D eigenvalue weighted by Crippen LogP contribution is -2.63. The second-order valence-electron chi connectivity index (χ2n) is 15.2. The molecular formula is C47H42BN3Si. The van der Waals surface area contributed by atoms with E-state index in [0.29, 0.717) is 0 Å². The van der Waals surface area contributed by atoms with Crippen molar-refractivity contribution < 1.29 is 0 Å². The summed E-state index contributed by atoms with van der Waals surface area (Å²) in [5, 5.41) is 1.47. The predicted molar refractivity (Wildman–Crippen MR) is 228 cm³/mol. The van der Waals surface area contributed by atoms with Crippen LogP contribution in [-0.2, 0) is 0 Å². The highest BCUT2D eigenvalue weighted by Crippen LogP contribution is 2.45. The van der Waals surface area contributed by atoms with Gasteiger partial charge < -0.3 is 14.7 Å². The fourth-order valence-electron chi connectivity index (χ4n) is 8.29. The lowest BCUT2D eigenvalue weighted by molar-refractivity contribution is 1.24. The Kier molecular flexibility index (Phi) is 7.71. The molecule has 0 aromatic heterocycles. The van der Waals surface area contributed by atoms with Crippen LogP contribution in [0, 0.1) is 13.8 Å². The monoisotopic (exact) mass is 687 g/mol. The molecule has 252 valence electrons. The van der Waals surface area contributed by atoms with E-state index in [1.54, 1.807) is 0 Å². The molecule has 2 aliphatic heterocycles. The third-order valence-electron chi connectivity index (χ3n) is 10.6. The van der Waals surface area contributed by atoms with Gasteiger partial charge in [0.05, 0.1) is 8.07 Å². The highest BCUT2D eigenvalue weighted by atomic mass is 28.3. The zero-order chi connectivity index (χ0) is 35.6. The Morgan fingerprint density at radius 2 is 1.04 bits per heavy atom. The number of aryl methyl sites for hydroxylation is 2. The van der Waals surface area contributed by atoms with Crippen molar-refractivity contribution >= 4 is 87.5 Å². The zero-order valence-corrected chi connectivity index (χ0v) is 31.5. The second-order valence-corrected chi connectivity index (χ2v) is 20.3. The molecule has 3 nitrogen and oxygen atoms in total. The van der Waals surface area contributed by atoms with E-state index in [1.807, 2.05) is 0 Å². The van der Waals surface area contributed by atoms with Crippen molar-refractivity contribution in [1.29, 1.82) is 0 Å². The molecule has 0 saturated carbocycles. The number of hydrogen-bond donors (Lipinski definition) is 0. The van der Waals surface area contributed by atoms with Gasteiger partial charge in [0.1, 0.15) is 0 Å². The standard InChI is InChI=1S/C47H42BN3Si/c1-33-21-24-38(25-22-33)50-42-28-23-34(2)31-41(42)48-40-27-26-39(49(35-15-9-6-10-16-35)36-17-11-7-12-18-36)32-44(40)51(37-19-13-8-14-20-37)47-45(52(3,4)5)30-29-43(50)46(47)48/h6-32H,1-5H3. The first-order chi connectivity index (χ1) is 25.3. The van der Waals surface area contributed by atoms with Crippen LogP contribution in [0.5, 0.6) is 0 Å². The van der Waals surface area contributed by atoms with Gasteiger partial charge in [0.15, 0.2) is 0 Å². The van der Waals surface area contributed by atoms with Crippen LogP contribution in [-0.4, -0.2) is 14.8 Å². The molecule has 52 heavy (non-hydrogen) atoms. The van der Waals surface area contributed by atoms with Gasteiger partial charge in [-0.1, -0.05) is 122 Å². The molecule has 0 saturated heterocycles. The number of rotatable bonds is 6. The molecule has 7 aromatic rings. The van der Waals surface area contributed by atoms with Crippen LogP contribution < -0.4 is 36.3 Å². The summed E-state index contributed by atoms with van der Waals surface area (Å²) in [5.74, 6) is 0. The molecule has 0 bridgehead atoms. The van der Waals surface area contributed by atoms with Gasteiger partial charge in [-0.25, -0.2) is 0 Å². The Balaban J connectivity index is 1.38. The van der Waals surface area contributed by atoms with Crippen molar-refractivity contribution in [2.75, 3.05) is 14.7 Å². The average molecular weight is 688 g/mol. The highest BCUT2D eigenvalue weighted by molar-refractivity contribution is 7.01.